The van der Waals surface area contributed by atoms with Gasteiger partial charge in [0.05, 0.1) is 12.0 Å². The van der Waals surface area contributed by atoms with E-state index < -0.39 is 5.97 Å². The van der Waals surface area contributed by atoms with Crippen LogP contribution in [0.1, 0.15) is 44.9 Å². The fraction of sp³-hybridized carbons (Fsp3) is 0.833. The Balaban J connectivity index is 1.77. The molecule has 0 unspecified atom stereocenters. The van der Waals surface area contributed by atoms with Crippen LogP contribution in [-0.2, 0) is 22.7 Å². The van der Waals surface area contributed by atoms with E-state index in [0.717, 1.165) is 31.6 Å². The Hall–Kier alpha value is -1.50. The van der Waals surface area contributed by atoms with Gasteiger partial charge in [-0.3, -0.25) is 4.79 Å². The number of hydrogen-bond donors (Lipinski definition) is 1. The average Bonchev–Trinajstić information content (AvgIpc) is 2.85. The van der Waals surface area contributed by atoms with Crippen molar-refractivity contribution in [3.05, 3.63) is 5.82 Å². The monoisotopic (exact) mass is 268 g/mol. The van der Waals surface area contributed by atoms with Gasteiger partial charge in [0.2, 0.25) is 0 Å². The molecule has 0 saturated heterocycles. The van der Waals surface area contributed by atoms with Crippen LogP contribution in [0.25, 0.3) is 0 Å². The van der Waals surface area contributed by atoms with E-state index in [0.29, 0.717) is 19.4 Å². The lowest BCUT2D eigenvalue weighted by Gasteiger charge is -2.25. The van der Waals surface area contributed by atoms with Crippen molar-refractivity contribution in [1.82, 2.24) is 20.2 Å². The summed E-state index contributed by atoms with van der Waals surface area (Å²) in [6.45, 7) is 3.26. The first-order chi connectivity index (χ1) is 9.20. The van der Waals surface area contributed by atoms with Gasteiger partial charge >= 0.3 is 5.97 Å². The molecule has 0 aliphatic heterocycles. The fourth-order valence-corrected chi connectivity index (χ4v) is 2.38. The Labute approximate surface area is 111 Å². The highest BCUT2D eigenvalue weighted by atomic mass is 16.5. The van der Waals surface area contributed by atoms with E-state index in [1.54, 1.807) is 4.68 Å². The van der Waals surface area contributed by atoms with Gasteiger partial charge in [-0.05, 0) is 42.5 Å². The smallest absolute Gasteiger partial charge is 0.306 e. The fourth-order valence-electron chi connectivity index (χ4n) is 2.38. The van der Waals surface area contributed by atoms with Gasteiger partial charge in [-0.15, -0.1) is 5.10 Å². The van der Waals surface area contributed by atoms with Gasteiger partial charge in [0, 0.05) is 6.54 Å². The second-order valence-corrected chi connectivity index (χ2v) is 4.94. The highest BCUT2D eigenvalue weighted by Gasteiger charge is 2.26. The zero-order valence-electron chi connectivity index (χ0n) is 11.2. The van der Waals surface area contributed by atoms with E-state index in [9.17, 15) is 4.79 Å². The third kappa shape index (κ3) is 3.73. The number of nitrogens with zero attached hydrogens (tertiary/aromatic N) is 4. The van der Waals surface area contributed by atoms with Crippen LogP contribution >= 0.6 is 0 Å². The van der Waals surface area contributed by atoms with Crippen molar-refractivity contribution in [2.24, 2.45) is 5.92 Å². The van der Waals surface area contributed by atoms with Crippen LogP contribution in [0.4, 0.5) is 0 Å². The molecule has 1 saturated carbocycles. The topological polar surface area (TPSA) is 90.1 Å². The molecule has 106 valence electrons. The summed E-state index contributed by atoms with van der Waals surface area (Å²) in [6, 6.07) is 0. The molecular weight excluding hydrogens is 248 g/mol. The molecule has 1 aliphatic rings. The van der Waals surface area contributed by atoms with Crippen molar-refractivity contribution in [1.29, 1.82) is 0 Å². The van der Waals surface area contributed by atoms with Crippen molar-refractivity contribution in [3.8, 4) is 0 Å². The van der Waals surface area contributed by atoms with Crippen LogP contribution in [0, 0.1) is 5.92 Å². The van der Waals surface area contributed by atoms with Crippen LogP contribution < -0.4 is 0 Å². The first kappa shape index (κ1) is 13.9. The number of tetrazole rings is 1. The minimum atomic E-state index is -0.690. The van der Waals surface area contributed by atoms with Crippen LogP contribution in [0.2, 0.25) is 0 Å². The normalized spacial score (nSPS) is 23.4. The molecule has 0 radical (unpaired) electrons. The molecule has 0 atom stereocenters. The average molecular weight is 268 g/mol. The standard InChI is InChI=1S/C12H20N4O3/c1-2-7-16-11(13-14-15-16)8-19-10-5-3-9(4-6-10)12(17)18/h9-10H,2-8H2,1H3,(H,17,18). The molecule has 1 heterocycles. The zero-order valence-corrected chi connectivity index (χ0v) is 11.2. The molecule has 1 aromatic heterocycles. The van der Waals surface area contributed by atoms with Gasteiger partial charge in [-0.2, -0.15) is 0 Å². The molecule has 1 fully saturated rings. The maximum Gasteiger partial charge on any atom is 0.306 e. The molecule has 7 nitrogen and oxygen atoms in total. The van der Waals surface area contributed by atoms with Gasteiger partial charge in [0.1, 0.15) is 6.61 Å². The molecule has 0 aromatic carbocycles. The minimum Gasteiger partial charge on any atom is -0.481 e. The second kappa shape index (κ2) is 6.60. The number of hydrogen-bond acceptors (Lipinski definition) is 5. The maximum absolute atomic E-state index is 10.9. The number of aromatic nitrogens is 4. The van der Waals surface area contributed by atoms with Crippen LogP contribution in [0.15, 0.2) is 0 Å². The largest absolute Gasteiger partial charge is 0.481 e. The summed E-state index contributed by atoms with van der Waals surface area (Å²) in [6.07, 6.45) is 4.09. The van der Waals surface area contributed by atoms with Gasteiger partial charge in [-0.1, -0.05) is 6.92 Å². The number of carboxylic acid groups (broad SMARTS) is 1. The van der Waals surface area contributed by atoms with Crippen LogP contribution in [0.3, 0.4) is 0 Å². The summed E-state index contributed by atoms with van der Waals surface area (Å²) >= 11 is 0. The molecule has 2 rings (SSSR count). The summed E-state index contributed by atoms with van der Waals surface area (Å²) in [5, 5.41) is 20.4. The Bertz CT molecular complexity index is 413. The molecule has 0 bridgehead atoms. The number of carbonyl (C=O) groups is 1. The predicted molar refractivity (Wildman–Crippen MR) is 66.3 cm³/mol. The van der Waals surface area contributed by atoms with Gasteiger partial charge in [0.15, 0.2) is 5.82 Å². The predicted octanol–water partition coefficient (Wildman–Crippen LogP) is 1.24. The van der Waals surface area contributed by atoms with Crippen molar-refractivity contribution >= 4 is 5.97 Å². The minimum absolute atomic E-state index is 0.127. The van der Waals surface area contributed by atoms with E-state index in [1.807, 2.05) is 0 Å². The van der Waals surface area contributed by atoms with E-state index >= 15 is 0 Å². The Morgan fingerprint density at radius 1 is 1.42 bits per heavy atom. The number of aryl methyl sites for hydroxylation is 1. The molecule has 1 N–H and O–H groups in total. The molecule has 1 aromatic rings. The molecule has 1 aliphatic carbocycles. The third-order valence-corrected chi connectivity index (χ3v) is 3.51. The third-order valence-electron chi connectivity index (χ3n) is 3.51. The molecule has 19 heavy (non-hydrogen) atoms. The van der Waals surface area contributed by atoms with Gasteiger partial charge < -0.3 is 9.84 Å². The number of carboxylic acids is 1. The zero-order chi connectivity index (χ0) is 13.7. The molecular formula is C12H20N4O3. The quantitative estimate of drug-likeness (QED) is 0.834. The van der Waals surface area contributed by atoms with Crippen molar-refractivity contribution in [2.75, 3.05) is 0 Å². The van der Waals surface area contributed by atoms with Crippen molar-refractivity contribution in [2.45, 2.75) is 58.3 Å². The highest BCUT2D eigenvalue weighted by Crippen LogP contribution is 2.26. The van der Waals surface area contributed by atoms with Gasteiger partial charge in [-0.25, -0.2) is 4.68 Å². The summed E-state index contributed by atoms with van der Waals surface area (Å²) in [7, 11) is 0. The van der Waals surface area contributed by atoms with Crippen LogP contribution in [-0.4, -0.2) is 37.4 Å². The van der Waals surface area contributed by atoms with Gasteiger partial charge in [0.25, 0.3) is 0 Å². The lowest BCUT2D eigenvalue weighted by atomic mass is 9.87. The van der Waals surface area contributed by atoms with Crippen molar-refractivity contribution in [3.63, 3.8) is 0 Å². The SMILES string of the molecule is CCCn1nnnc1COC1CCC(C(=O)O)CC1. The molecule has 0 spiro atoms. The van der Waals surface area contributed by atoms with E-state index in [2.05, 4.69) is 22.4 Å². The van der Waals surface area contributed by atoms with Crippen molar-refractivity contribution < 1.29 is 14.6 Å². The van der Waals surface area contributed by atoms with Crippen LogP contribution in [0.5, 0.6) is 0 Å². The Kier molecular flexibility index (Phi) is 4.84. The first-order valence-corrected chi connectivity index (χ1v) is 6.80. The molecule has 7 heteroatoms. The first-order valence-electron chi connectivity index (χ1n) is 6.80. The van der Waals surface area contributed by atoms with E-state index in [-0.39, 0.29) is 12.0 Å². The lowest BCUT2D eigenvalue weighted by molar-refractivity contribution is -0.143. The summed E-state index contributed by atoms with van der Waals surface area (Å²) in [4.78, 5) is 10.9. The Morgan fingerprint density at radius 3 is 2.79 bits per heavy atom. The number of rotatable bonds is 6. The lowest BCUT2D eigenvalue weighted by Crippen LogP contribution is -2.26. The summed E-state index contributed by atoms with van der Waals surface area (Å²) in [5.74, 6) is -0.155. The summed E-state index contributed by atoms with van der Waals surface area (Å²) < 4.78 is 7.54. The summed E-state index contributed by atoms with van der Waals surface area (Å²) in [5.41, 5.74) is 0. The maximum atomic E-state index is 10.9. The van der Waals surface area contributed by atoms with E-state index in [1.165, 1.54) is 0 Å². The number of aliphatic carboxylic acids is 1. The number of ether oxygens (including phenoxy) is 1. The second-order valence-electron chi connectivity index (χ2n) is 4.94. The highest BCUT2D eigenvalue weighted by molar-refractivity contribution is 5.70. The molecule has 0 amide bonds. The Morgan fingerprint density at radius 2 is 2.16 bits per heavy atom. The van der Waals surface area contributed by atoms with E-state index in [4.69, 9.17) is 9.84 Å².